The van der Waals surface area contributed by atoms with Crippen molar-refractivity contribution >= 4 is 17.7 Å². The summed E-state index contributed by atoms with van der Waals surface area (Å²) in [5.41, 5.74) is 0. The lowest BCUT2D eigenvalue weighted by Gasteiger charge is -2.10. The molecule has 5 nitrogen and oxygen atoms in total. The van der Waals surface area contributed by atoms with Crippen molar-refractivity contribution in [2.75, 3.05) is 6.61 Å². The average Bonchev–Trinajstić information content (AvgIpc) is 2.63. The highest BCUT2D eigenvalue weighted by atomic mass is 16.5. The Morgan fingerprint density at radius 2 is 2.25 bits per heavy atom. The molecule has 1 heterocycles. The van der Waals surface area contributed by atoms with Gasteiger partial charge in [0.05, 0.1) is 13.0 Å². The zero-order valence-electron chi connectivity index (χ0n) is 9.62. The Bertz CT molecular complexity index is 300. The van der Waals surface area contributed by atoms with E-state index in [1.807, 2.05) is 6.92 Å². The van der Waals surface area contributed by atoms with Gasteiger partial charge in [0.2, 0.25) is 5.91 Å². The van der Waals surface area contributed by atoms with Gasteiger partial charge in [0.15, 0.2) is 0 Å². The lowest BCUT2D eigenvalue weighted by atomic mass is 10.0. The first-order chi connectivity index (χ1) is 7.54. The van der Waals surface area contributed by atoms with Crippen molar-refractivity contribution in [3.8, 4) is 0 Å². The Balaban J connectivity index is 2.36. The standard InChI is InChI=1S/C11H17NO4/c1-3-7(2)9(13)6-10(14)12-8-4-5-16-11(8)15/h7-8H,3-6H2,1-2H3,(H,12,14)/t7?,8-/m0/s1. The van der Waals surface area contributed by atoms with Gasteiger partial charge < -0.3 is 10.1 Å². The minimum atomic E-state index is -0.572. The summed E-state index contributed by atoms with van der Waals surface area (Å²) in [6, 6.07) is -0.572. The minimum Gasteiger partial charge on any atom is -0.464 e. The predicted molar refractivity (Wildman–Crippen MR) is 56.6 cm³/mol. The molecule has 0 aromatic carbocycles. The van der Waals surface area contributed by atoms with Crippen LogP contribution in [-0.2, 0) is 19.1 Å². The SMILES string of the molecule is CCC(C)C(=O)CC(=O)N[C@H]1CCOC1=O. The zero-order chi connectivity index (χ0) is 12.1. The molecule has 1 N–H and O–H groups in total. The summed E-state index contributed by atoms with van der Waals surface area (Å²) in [4.78, 5) is 34.0. The monoisotopic (exact) mass is 227 g/mol. The molecule has 1 amide bonds. The van der Waals surface area contributed by atoms with Crippen molar-refractivity contribution in [3.05, 3.63) is 0 Å². The Morgan fingerprint density at radius 3 is 2.75 bits per heavy atom. The van der Waals surface area contributed by atoms with Gasteiger partial charge in [0, 0.05) is 12.3 Å². The van der Waals surface area contributed by atoms with Crippen LogP contribution in [0.15, 0.2) is 0 Å². The molecular formula is C11H17NO4. The van der Waals surface area contributed by atoms with Crippen LogP contribution in [0.1, 0.15) is 33.1 Å². The Kier molecular flexibility index (Phi) is 4.46. The largest absolute Gasteiger partial charge is 0.464 e. The molecule has 2 atom stereocenters. The lowest BCUT2D eigenvalue weighted by molar-refractivity contribution is -0.142. The van der Waals surface area contributed by atoms with Crippen molar-refractivity contribution in [3.63, 3.8) is 0 Å². The van der Waals surface area contributed by atoms with E-state index in [1.165, 1.54) is 0 Å². The quantitative estimate of drug-likeness (QED) is 0.546. The van der Waals surface area contributed by atoms with Gasteiger partial charge >= 0.3 is 5.97 Å². The van der Waals surface area contributed by atoms with Crippen LogP contribution in [-0.4, -0.2) is 30.3 Å². The molecule has 0 saturated carbocycles. The Labute approximate surface area is 94.5 Å². The van der Waals surface area contributed by atoms with Crippen molar-refractivity contribution in [1.29, 1.82) is 0 Å². The fourth-order valence-electron chi connectivity index (χ4n) is 1.43. The number of nitrogens with one attached hydrogen (secondary N) is 1. The first-order valence-corrected chi connectivity index (χ1v) is 5.53. The second-order valence-electron chi connectivity index (χ2n) is 4.03. The second kappa shape index (κ2) is 5.63. The predicted octanol–water partition coefficient (Wildman–Crippen LogP) is 0.423. The molecule has 0 aliphatic carbocycles. The minimum absolute atomic E-state index is 0.0913. The third-order valence-corrected chi connectivity index (χ3v) is 2.77. The molecule has 1 aliphatic rings. The van der Waals surface area contributed by atoms with Crippen molar-refractivity contribution < 1.29 is 19.1 Å². The molecule has 5 heteroatoms. The maximum Gasteiger partial charge on any atom is 0.328 e. The van der Waals surface area contributed by atoms with Gasteiger partial charge in [-0.3, -0.25) is 9.59 Å². The fraction of sp³-hybridized carbons (Fsp3) is 0.727. The van der Waals surface area contributed by atoms with E-state index in [1.54, 1.807) is 6.92 Å². The fourth-order valence-corrected chi connectivity index (χ4v) is 1.43. The van der Waals surface area contributed by atoms with Crippen LogP contribution in [0.25, 0.3) is 0 Å². The number of hydrogen-bond donors (Lipinski definition) is 1. The molecular weight excluding hydrogens is 210 g/mol. The summed E-state index contributed by atoms with van der Waals surface area (Å²) >= 11 is 0. The van der Waals surface area contributed by atoms with Crippen LogP contribution in [0.3, 0.4) is 0 Å². The van der Waals surface area contributed by atoms with E-state index < -0.39 is 17.9 Å². The summed E-state index contributed by atoms with van der Waals surface area (Å²) < 4.78 is 4.70. The summed E-state index contributed by atoms with van der Waals surface area (Å²) in [7, 11) is 0. The smallest absolute Gasteiger partial charge is 0.328 e. The first kappa shape index (κ1) is 12.7. The molecule has 0 radical (unpaired) electrons. The summed E-state index contributed by atoms with van der Waals surface area (Å²) in [6.07, 6.45) is 1.05. The number of ether oxygens (including phenoxy) is 1. The Hall–Kier alpha value is -1.39. The van der Waals surface area contributed by atoms with Crippen LogP contribution in [0, 0.1) is 5.92 Å². The molecule has 1 unspecified atom stereocenters. The van der Waals surface area contributed by atoms with E-state index in [0.29, 0.717) is 13.0 Å². The van der Waals surface area contributed by atoms with Gasteiger partial charge in [-0.25, -0.2) is 4.79 Å². The summed E-state index contributed by atoms with van der Waals surface area (Å²) in [5.74, 6) is -1.01. The molecule has 1 fully saturated rings. The molecule has 0 aromatic rings. The first-order valence-electron chi connectivity index (χ1n) is 5.53. The number of Topliss-reactive ketones (excluding diaryl/α,β-unsaturated/α-hetero) is 1. The number of amides is 1. The van der Waals surface area contributed by atoms with Gasteiger partial charge in [0.1, 0.15) is 11.8 Å². The highest BCUT2D eigenvalue weighted by Gasteiger charge is 2.28. The van der Waals surface area contributed by atoms with Crippen LogP contribution < -0.4 is 5.32 Å². The molecule has 0 aromatic heterocycles. The molecule has 1 aliphatic heterocycles. The van der Waals surface area contributed by atoms with E-state index in [0.717, 1.165) is 6.42 Å². The van der Waals surface area contributed by atoms with Crippen molar-refractivity contribution in [2.24, 2.45) is 5.92 Å². The second-order valence-corrected chi connectivity index (χ2v) is 4.03. The third-order valence-electron chi connectivity index (χ3n) is 2.77. The number of rotatable bonds is 5. The Morgan fingerprint density at radius 1 is 1.56 bits per heavy atom. The van der Waals surface area contributed by atoms with Gasteiger partial charge in [-0.15, -0.1) is 0 Å². The summed E-state index contributed by atoms with van der Waals surface area (Å²) in [5, 5.41) is 2.50. The van der Waals surface area contributed by atoms with Gasteiger partial charge in [0.25, 0.3) is 0 Å². The molecule has 16 heavy (non-hydrogen) atoms. The highest BCUT2D eigenvalue weighted by Crippen LogP contribution is 2.08. The van der Waals surface area contributed by atoms with E-state index in [-0.39, 0.29) is 18.1 Å². The van der Waals surface area contributed by atoms with Gasteiger partial charge in [-0.2, -0.15) is 0 Å². The number of carbonyl (C=O) groups excluding carboxylic acids is 3. The van der Waals surface area contributed by atoms with Gasteiger partial charge in [-0.1, -0.05) is 13.8 Å². The average molecular weight is 227 g/mol. The van der Waals surface area contributed by atoms with Gasteiger partial charge in [-0.05, 0) is 6.42 Å². The molecule has 1 saturated heterocycles. The van der Waals surface area contributed by atoms with Crippen LogP contribution in [0.4, 0.5) is 0 Å². The highest BCUT2D eigenvalue weighted by molar-refractivity contribution is 6.00. The number of esters is 1. The van der Waals surface area contributed by atoms with E-state index in [9.17, 15) is 14.4 Å². The third kappa shape index (κ3) is 3.32. The van der Waals surface area contributed by atoms with Crippen LogP contribution in [0.2, 0.25) is 0 Å². The normalized spacial score (nSPS) is 21.4. The van der Waals surface area contributed by atoms with Crippen LogP contribution in [0.5, 0.6) is 0 Å². The lowest BCUT2D eigenvalue weighted by Crippen LogP contribution is -2.39. The molecule has 0 spiro atoms. The molecule has 0 bridgehead atoms. The van der Waals surface area contributed by atoms with E-state index >= 15 is 0 Å². The number of cyclic esters (lactones) is 1. The number of ketones is 1. The maximum absolute atomic E-state index is 11.5. The topological polar surface area (TPSA) is 72.5 Å². The van der Waals surface area contributed by atoms with E-state index in [4.69, 9.17) is 4.74 Å². The number of hydrogen-bond acceptors (Lipinski definition) is 4. The zero-order valence-corrected chi connectivity index (χ0v) is 9.62. The van der Waals surface area contributed by atoms with Crippen molar-refractivity contribution in [1.82, 2.24) is 5.32 Å². The molecule has 90 valence electrons. The van der Waals surface area contributed by atoms with Crippen LogP contribution >= 0.6 is 0 Å². The van der Waals surface area contributed by atoms with E-state index in [2.05, 4.69) is 5.32 Å². The summed E-state index contributed by atoms with van der Waals surface area (Å²) in [6.45, 7) is 4.03. The maximum atomic E-state index is 11.5. The molecule has 1 rings (SSSR count). The van der Waals surface area contributed by atoms with Crippen molar-refractivity contribution in [2.45, 2.75) is 39.2 Å². The number of carbonyl (C=O) groups is 3.